The lowest BCUT2D eigenvalue weighted by atomic mass is 10.1. The standard InChI is InChI=1S/C29H33Cl2NO6/c30-24-4-1-5-25(31)23(24)3-2-12-36-17-22-18-37-28-9-6-19(13-29(28)38-22)10-11-32-15-27(35)20-7-8-26(34)21(14-20)16-33/h1,4-9,13-14,22,27,32-35H,2-3,10-12,15-18H2/t22-,27+/m1/s1. The molecule has 1 heterocycles. The van der Waals surface area contributed by atoms with E-state index in [1.807, 2.05) is 36.4 Å². The molecule has 1 aliphatic rings. The number of hydrogen-bond acceptors (Lipinski definition) is 7. The van der Waals surface area contributed by atoms with E-state index in [1.54, 1.807) is 12.1 Å². The summed E-state index contributed by atoms with van der Waals surface area (Å²) in [6.45, 7) is 2.14. The molecule has 2 atom stereocenters. The summed E-state index contributed by atoms with van der Waals surface area (Å²) in [6, 6.07) is 16.2. The van der Waals surface area contributed by atoms with Gasteiger partial charge in [-0.2, -0.15) is 0 Å². The van der Waals surface area contributed by atoms with Gasteiger partial charge in [-0.3, -0.25) is 0 Å². The Hall–Kier alpha value is -2.52. The average Bonchev–Trinajstić information content (AvgIpc) is 2.92. The summed E-state index contributed by atoms with van der Waals surface area (Å²) in [5, 5.41) is 34.0. The first-order valence-corrected chi connectivity index (χ1v) is 13.4. The van der Waals surface area contributed by atoms with Crippen molar-refractivity contribution in [2.45, 2.75) is 38.1 Å². The van der Waals surface area contributed by atoms with Gasteiger partial charge in [-0.1, -0.05) is 41.4 Å². The molecule has 0 fully saturated rings. The van der Waals surface area contributed by atoms with Crippen LogP contribution in [0.15, 0.2) is 54.6 Å². The fourth-order valence-electron chi connectivity index (χ4n) is 4.26. The van der Waals surface area contributed by atoms with Crippen LogP contribution in [0.4, 0.5) is 0 Å². The minimum atomic E-state index is -0.747. The van der Waals surface area contributed by atoms with Crippen LogP contribution in [0.1, 0.15) is 34.8 Å². The van der Waals surface area contributed by atoms with Gasteiger partial charge in [0.25, 0.3) is 0 Å². The molecule has 0 bridgehead atoms. The van der Waals surface area contributed by atoms with E-state index in [0.29, 0.717) is 65.6 Å². The number of aliphatic hydroxyl groups excluding tert-OH is 2. The Morgan fingerprint density at radius 2 is 1.84 bits per heavy atom. The molecule has 0 unspecified atom stereocenters. The zero-order valence-electron chi connectivity index (χ0n) is 21.0. The van der Waals surface area contributed by atoms with E-state index < -0.39 is 6.10 Å². The highest BCUT2D eigenvalue weighted by molar-refractivity contribution is 6.35. The van der Waals surface area contributed by atoms with E-state index in [1.165, 1.54) is 6.07 Å². The largest absolute Gasteiger partial charge is 0.508 e. The van der Waals surface area contributed by atoms with E-state index in [9.17, 15) is 15.3 Å². The van der Waals surface area contributed by atoms with Crippen LogP contribution in [0, 0.1) is 0 Å². The highest BCUT2D eigenvalue weighted by Gasteiger charge is 2.21. The SMILES string of the molecule is OCc1cc([C@@H](O)CNCCc2ccc3c(c2)O[C@H](COCCCc2c(Cl)cccc2Cl)CO3)ccc1O. The number of rotatable bonds is 13. The van der Waals surface area contributed by atoms with Crippen LogP contribution >= 0.6 is 23.2 Å². The molecular weight excluding hydrogens is 529 g/mol. The van der Waals surface area contributed by atoms with Gasteiger partial charge in [0.15, 0.2) is 17.6 Å². The van der Waals surface area contributed by atoms with Gasteiger partial charge < -0.3 is 34.8 Å². The van der Waals surface area contributed by atoms with Crippen molar-refractivity contribution in [3.8, 4) is 17.2 Å². The number of hydrogen-bond donors (Lipinski definition) is 4. The fraction of sp³-hybridized carbons (Fsp3) is 0.379. The van der Waals surface area contributed by atoms with Crippen LogP contribution in [0.25, 0.3) is 0 Å². The van der Waals surface area contributed by atoms with Gasteiger partial charge in [-0.15, -0.1) is 0 Å². The molecular formula is C29H33Cl2NO6. The molecule has 0 amide bonds. The van der Waals surface area contributed by atoms with Gasteiger partial charge in [-0.05, 0) is 78.9 Å². The van der Waals surface area contributed by atoms with Crippen LogP contribution in [-0.2, 0) is 24.2 Å². The van der Waals surface area contributed by atoms with Crippen molar-refractivity contribution in [2.24, 2.45) is 0 Å². The maximum Gasteiger partial charge on any atom is 0.162 e. The zero-order chi connectivity index (χ0) is 26.9. The number of phenols is 1. The second-order valence-corrected chi connectivity index (χ2v) is 10.0. The molecule has 9 heteroatoms. The molecule has 4 N–H and O–H groups in total. The number of nitrogens with one attached hydrogen (secondary N) is 1. The lowest BCUT2D eigenvalue weighted by Crippen LogP contribution is -2.33. The lowest BCUT2D eigenvalue weighted by Gasteiger charge is -2.27. The van der Waals surface area contributed by atoms with Crippen LogP contribution < -0.4 is 14.8 Å². The van der Waals surface area contributed by atoms with E-state index in [0.717, 1.165) is 30.4 Å². The maximum atomic E-state index is 10.4. The molecule has 1 aliphatic heterocycles. The van der Waals surface area contributed by atoms with Crippen LogP contribution in [-0.4, -0.2) is 54.3 Å². The third kappa shape index (κ3) is 7.76. The Morgan fingerprint density at radius 3 is 2.63 bits per heavy atom. The molecule has 0 spiro atoms. The molecule has 4 rings (SSSR count). The van der Waals surface area contributed by atoms with Crippen LogP contribution in [0.3, 0.4) is 0 Å². The van der Waals surface area contributed by atoms with Gasteiger partial charge in [0.05, 0.1) is 19.3 Å². The summed E-state index contributed by atoms with van der Waals surface area (Å²) in [7, 11) is 0. The van der Waals surface area contributed by atoms with Crippen molar-refractivity contribution in [3.05, 3.63) is 86.9 Å². The molecule has 0 saturated heterocycles. The highest BCUT2D eigenvalue weighted by Crippen LogP contribution is 2.33. The molecule has 38 heavy (non-hydrogen) atoms. The average molecular weight is 562 g/mol. The third-order valence-corrected chi connectivity index (χ3v) is 7.10. The van der Waals surface area contributed by atoms with Crippen LogP contribution in [0.2, 0.25) is 10.0 Å². The summed E-state index contributed by atoms with van der Waals surface area (Å²) >= 11 is 12.5. The summed E-state index contributed by atoms with van der Waals surface area (Å²) < 4.78 is 17.8. The molecule has 204 valence electrons. The number of fused-ring (bicyclic) bond motifs is 1. The van der Waals surface area contributed by atoms with Gasteiger partial charge >= 0.3 is 0 Å². The fourth-order valence-corrected chi connectivity index (χ4v) is 4.85. The lowest BCUT2D eigenvalue weighted by molar-refractivity contribution is 0.00821. The first-order valence-electron chi connectivity index (χ1n) is 12.7. The minimum absolute atomic E-state index is 0.0163. The molecule has 0 radical (unpaired) electrons. The molecule has 7 nitrogen and oxygen atoms in total. The Kier molecular flexibility index (Phi) is 10.5. The molecule has 3 aromatic carbocycles. The van der Waals surface area contributed by atoms with E-state index in [-0.39, 0.29) is 18.5 Å². The Morgan fingerprint density at radius 1 is 1.03 bits per heavy atom. The zero-order valence-corrected chi connectivity index (χ0v) is 22.5. The van der Waals surface area contributed by atoms with Crippen molar-refractivity contribution >= 4 is 23.2 Å². The van der Waals surface area contributed by atoms with E-state index in [4.69, 9.17) is 37.4 Å². The molecule has 0 aliphatic carbocycles. The number of benzene rings is 3. The first-order chi connectivity index (χ1) is 18.4. The number of aliphatic hydroxyl groups is 2. The number of halogens is 2. The summed E-state index contributed by atoms with van der Waals surface area (Å²) in [5.74, 6) is 1.43. The Balaban J connectivity index is 1.17. The molecule has 3 aromatic rings. The monoisotopic (exact) mass is 561 g/mol. The molecule has 0 aromatic heterocycles. The van der Waals surface area contributed by atoms with Gasteiger partial charge in [0, 0.05) is 28.8 Å². The normalized spacial score (nSPS) is 15.4. The second kappa shape index (κ2) is 14.0. The van der Waals surface area contributed by atoms with Crippen molar-refractivity contribution in [2.75, 3.05) is 32.9 Å². The number of ether oxygens (including phenoxy) is 3. The third-order valence-electron chi connectivity index (χ3n) is 6.39. The van der Waals surface area contributed by atoms with Crippen molar-refractivity contribution in [3.63, 3.8) is 0 Å². The van der Waals surface area contributed by atoms with Gasteiger partial charge in [0.2, 0.25) is 0 Å². The predicted octanol–water partition coefficient (Wildman–Crippen LogP) is 4.85. The predicted molar refractivity (Wildman–Crippen MR) is 148 cm³/mol. The Labute approximate surface area is 232 Å². The minimum Gasteiger partial charge on any atom is -0.508 e. The summed E-state index contributed by atoms with van der Waals surface area (Å²) in [4.78, 5) is 0. The Bertz CT molecular complexity index is 1190. The van der Waals surface area contributed by atoms with Crippen LogP contribution in [0.5, 0.6) is 17.2 Å². The number of aromatic hydroxyl groups is 1. The van der Waals surface area contributed by atoms with Crippen molar-refractivity contribution in [1.82, 2.24) is 5.32 Å². The topological polar surface area (TPSA) is 100 Å². The van der Waals surface area contributed by atoms with Gasteiger partial charge in [0.1, 0.15) is 12.4 Å². The van der Waals surface area contributed by atoms with E-state index in [2.05, 4.69) is 5.32 Å². The van der Waals surface area contributed by atoms with E-state index >= 15 is 0 Å². The second-order valence-electron chi connectivity index (χ2n) is 9.23. The van der Waals surface area contributed by atoms with Crippen molar-refractivity contribution in [1.29, 1.82) is 0 Å². The van der Waals surface area contributed by atoms with Gasteiger partial charge in [-0.25, -0.2) is 0 Å². The maximum absolute atomic E-state index is 10.4. The summed E-state index contributed by atoms with van der Waals surface area (Å²) in [5.41, 5.74) is 3.06. The quantitative estimate of drug-likeness (QED) is 0.221. The smallest absolute Gasteiger partial charge is 0.162 e. The highest BCUT2D eigenvalue weighted by atomic mass is 35.5. The molecule has 0 saturated carbocycles. The first kappa shape index (κ1) is 28.5. The van der Waals surface area contributed by atoms with Crippen molar-refractivity contribution < 1.29 is 29.5 Å². The summed E-state index contributed by atoms with van der Waals surface area (Å²) in [6.07, 6.45) is 1.35.